The van der Waals surface area contributed by atoms with E-state index in [2.05, 4.69) is 15.2 Å². The summed E-state index contributed by atoms with van der Waals surface area (Å²) in [7, 11) is 0. The predicted molar refractivity (Wildman–Crippen MR) is 107 cm³/mol. The molecule has 0 unspecified atom stereocenters. The molecule has 0 saturated carbocycles. The fourth-order valence-electron chi connectivity index (χ4n) is 2.71. The number of aromatic nitrogens is 4. The molecule has 4 aromatic rings. The van der Waals surface area contributed by atoms with Gasteiger partial charge >= 0.3 is 0 Å². The molecular formula is C20H18N4O3S. The standard InChI is InChI=1S/C20H18N4O3S/c1-3-26-16-7-5-14(6-8-16)19-22-23-20(27-19)28-12-15-10-18(25)24-11-13(2)4-9-17(24)21-15/h4-11H,3,12H2,1-2H3. The van der Waals surface area contributed by atoms with E-state index in [0.29, 0.717) is 34.8 Å². The van der Waals surface area contributed by atoms with Crippen molar-refractivity contribution in [3.63, 3.8) is 0 Å². The molecule has 0 aliphatic heterocycles. The summed E-state index contributed by atoms with van der Waals surface area (Å²) in [5.41, 5.74) is 3.00. The molecule has 0 N–H and O–H groups in total. The Balaban J connectivity index is 1.48. The van der Waals surface area contributed by atoms with Crippen LogP contribution in [0.3, 0.4) is 0 Å². The number of pyridine rings is 1. The first-order chi connectivity index (χ1) is 13.6. The largest absolute Gasteiger partial charge is 0.494 e. The van der Waals surface area contributed by atoms with E-state index >= 15 is 0 Å². The Morgan fingerprint density at radius 1 is 1.14 bits per heavy atom. The average Bonchev–Trinajstić information content (AvgIpc) is 3.17. The molecular weight excluding hydrogens is 376 g/mol. The number of rotatable bonds is 6. The topological polar surface area (TPSA) is 82.5 Å². The van der Waals surface area contributed by atoms with Crippen LogP contribution in [0.2, 0.25) is 0 Å². The van der Waals surface area contributed by atoms with Crippen molar-refractivity contribution < 1.29 is 9.15 Å². The monoisotopic (exact) mass is 394 g/mol. The van der Waals surface area contributed by atoms with E-state index in [1.165, 1.54) is 17.8 Å². The Morgan fingerprint density at radius 2 is 1.96 bits per heavy atom. The van der Waals surface area contributed by atoms with Crippen LogP contribution in [-0.2, 0) is 5.75 Å². The van der Waals surface area contributed by atoms with Gasteiger partial charge in [-0.3, -0.25) is 9.20 Å². The first kappa shape index (κ1) is 18.2. The number of hydrogen-bond acceptors (Lipinski definition) is 7. The Kier molecular flexibility index (Phi) is 5.12. The zero-order valence-electron chi connectivity index (χ0n) is 15.5. The van der Waals surface area contributed by atoms with Crippen LogP contribution in [0.4, 0.5) is 0 Å². The van der Waals surface area contributed by atoms with Gasteiger partial charge in [0, 0.05) is 23.6 Å². The van der Waals surface area contributed by atoms with Crippen molar-refractivity contribution in [3.8, 4) is 17.2 Å². The molecule has 28 heavy (non-hydrogen) atoms. The highest BCUT2D eigenvalue weighted by molar-refractivity contribution is 7.98. The fourth-order valence-corrected chi connectivity index (χ4v) is 3.37. The second kappa shape index (κ2) is 7.85. The van der Waals surface area contributed by atoms with Crippen molar-refractivity contribution in [2.24, 2.45) is 0 Å². The molecule has 3 aromatic heterocycles. The first-order valence-corrected chi connectivity index (χ1v) is 9.79. The molecule has 0 atom stereocenters. The summed E-state index contributed by atoms with van der Waals surface area (Å²) in [6.45, 7) is 4.50. The van der Waals surface area contributed by atoms with Crippen molar-refractivity contribution >= 4 is 17.4 Å². The van der Waals surface area contributed by atoms with Crippen molar-refractivity contribution in [1.82, 2.24) is 19.6 Å². The second-order valence-corrected chi connectivity index (χ2v) is 7.07. The quantitative estimate of drug-likeness (QED) is 0.461. The molecule has 0 aliphatic carbocycles. The molecule has 3 heterocycles. The van der Waals surface area contributed by atoms with Gasteiger partial charge in [-0.05, 0) is 49.7 Å². The van der Waals surface area contributed by atoms with Gasteiger partial charge in [0.25, 0.3) is 10.8 Å². The van der Waals surface area contributed by atoms with Crippen molar-refractivity contribution in [2.45, 2.75) is 24.8 Å². The smallest absolute Gasteiger partial charge is 0.277 e. The molecule has 0 spiro atoms. The third-order valence-electron chi connectivity index (χ3n) is 4.02. The summed E-state index contributed by atoms with van der Waals surface area (Å²) in [4.78, 5) is 16.8. The van der Waals surface area contributed by atoms with Gasteiger partial charge in [-0.25, -0.2) is 4.98 Å². The van der Waals surface area contributed by atoms with Crippen LogP contribution >= 0.6 is 11.8 Å². The highest BCUT2D eigenvalue weighted by Gasteiger charge is 2.11. The normalized spacial score (nSPS) is 11.1. The van der Waals surface area contributed by atoms with Gasteiger partial charge in [-0.1, -0.05) is 17.8 Å². The third kappa shape index (κ3) is 3.91. The van der Waals surface area contributed by atoms with Gasteiger partial charge in [0.05, 0.1) is 12.3 Å². The minimum atomic E-state index is -0.107. The lowest BCUT2D eigenvalue weighted by molar-refractivity contribution is 0.340. The van der Waals surface area contributed by atoms with Crippen LogP contribution in [0.1, 0.15) is 18.2 Å². The van der Waals surface area contributed by atoms with Gasteiger partial charge < -0.3 is 9.15 Å². The van der Waals surface area contributed by atoms with E-state index in [0.717, 1.165) is 16.9 Å². The SMILES string of the molecule is CCOc1ccc(-c2nnc(SCc3cc(=O)n4cc(C)ccc4n3)o2)cc1. The molecule has 142 valence electrons. The summed E-state index contributed by atoms with van der Waals surface area (Å²) in [5, 5.41) is 8.58. The maximum atomic E-state index is 12.3. The van der Waals surface area contributed by atoms with E-state index in [4.69, 9.17) is 9.15 Å². The Labute approximate surface area is 165 Å². The Hall–Kier alpha value is -3.13. The minimum absolute atomic E-state index is 0.107. The van der Waals surface area contributed by atoms with E-state index < -0.39 is 0 Å². The van der Waals surface area contributed by atoms with Crippen LogP contribution in [-0.4, -0.2) is 26.2 Å². The molecule has 0 bridgehead atoms. The molecule has 8 heteroatoms. The zero-order chi connectivity index (χ0) is 19.5. The van der Waals surface area contributed by atoms with E-state index in [1.54, 1.807) is 10.6 Å². The average molecular weight is 394 g/mol. The first-order valence-electron chi connectivity index (χ1n) is 8.81. The number of fused-ring (bicyclic) bond motifs is 1. The second-order valence-electron chi connectivity index (χ2n) is 6.14. The fraction of sp³-hybridized carbons (Fsp3) is 0.200. The Morgan fingerprint density at radius 3 is 2.75 bits per heavy atom. The van der Waals surface area contributed by atoms with Gasteiger partial charge in [0.1, 0.15) is 11.4 Å². The van der Waals surface area contributed by atoms with Gasteiger partial charge in [-0.15, -0.1) is 10.2 Å². The van der Waals surface area contributed by atoms with Gasteiger partial charge in [0.2, 0.25) is 5.89 Å². The number of benzene rings is 1. The van der Waals surface area contributed by atoms with Crippen LogP contribution in [0.15, 0.2) is 63.1 Å². The lowest BCUT2D eigenvalue weighted by Gasteiger charge is -2.04. The third-order valence-corrected chi connectivity index (χ3v) is 4.87. The summed E-state index contributed by atoms with van der Waals surface area (Å²) in [6, 6.07) is 12.8. The van der Waals surface area contributed by atoms with Crippen molar-refractivity contribution in [3.05, 3.63) is 70.3 Å². The molecule has 0 fully saturated rings. The molecule has 0 aliphatic rings. The van der Waals surface area contributed by atoms with Gasteiger partial charge in [0.15, 0.2) is 0 Å². The lowest BCUT2D eigenvalue weighted by atomic mass is 10.2. The molecule has 7 nitrogen and oxygen atoms in total. The predicted octanol–water partition coefficient (Wildman–Crippen LogP) is 3.74. The molecule has 0 amide bonds. The highest BCUT2D eigenvalue weighted by Crippen LogP contribution is 2.26. The van der Waals surface area contributed by atoms with Crippen LogP contribution in [0, 0.1) is 6.92 Å². The summed E-state index contributed by atoms with van der Waals surface area (Å²) < 4.78 is 12.7. The number of thioether (sulfide) groups is 1. The van der Waals surface area contributed by atoms with E-state index in [1.807, 2.05) is 50.2 Å². The number of nitrogens with zero attached hydrogens (tertiary/aromatic N) is 4. The number of ether oxygens (including phenoxy) is 1. The lowest BCUT2D eigenvalue weighted by Crippen LogP contribution is -2.15. The van der Waals surface area contributed by atoms with Crippen LogP contribution in [0.25, 0.3) is 17.1 Å². The van der Waals surface area contributed by atoms with Gasteiger partial charge in [-0.2, -0.15) is 0 Å². The van der Waals surface area contributed by atoms with Crippen LogP contribution < -0.4 is 10.3 Å². The maximum Gasteiger partial charge on any atom is 0.277 e. The highest BCUT2D eigenvalue weighted by atomic mass is 32.2. The van der Waals surface area contributed by atoms with E-state index in [-0.39, 0.29) is 5.56 Å². The minimum Gasteiger partial charge on any atom is -0.494 e. The summed E-state index contributed by atoms with van der Waals surface area (Å²) in [5.74, 6) is 1.70. The van der Waals surface area contributed by atoms with E-state index in [9.17, 15) is 4.79 Å². The summed E-state index contributed by atoms with van der Waals surface area (Å²) >= 11 is 1.35. The van der Waals surface area contributed by atoms with Crippen molar-refractivity contribution in [1.29, 1.82) is 0 Å². The number of hydrogen-bond donors (Lipinski definition) is 0. The molecule has 1 aromatic carbocycles. The molecule has 0 radical (unpaired) electrons. The van der Waals surface area contributed by atoms with Crippen LogP contribution in [0.5, 0.6) is 5.75 Å². The van der Waals surface area contributed by atoms with Crippen molar-refractivity contribution in [2.75, 3.05) is 6.61 Å². The molecule has 4 rings (SSSR count). The maximum absolute atomic E-state index is 12.3. The summed E-state index contributed by atoms with van der Waals surface area (Å²) in [6.07, 6.45) is 1.78. The Bertz CT molecular complexity index is 1170. The molecule has 0 saturated heterocycles. The zero-order valence-corrected chi connectivity index (χ0v) is 16.3. The number of aryl methyl sites for hydroxylation is 1.